The van der Waals surface area contributed by atoms with Crippen molar-refractivity contribution in [3.05, 3.63) is 194 Å². The number of aromatic nitrogens is 2. The first-order valence-corrected chi connectivity index (χ1v) is 18.7. The summed E-state index contributed by atoms with van der Waals surface area (Å²) in [5.41, 5.74) is 11.9. The first kappa shape index (κ1) is 31.1. The third-order valence-corrected chi connectivity index (χ3v) is 11.2. The second-order valence-corrected chi connectivity index (χ2v) is 14.5. The largest absolute Gasteiger partial charge is 0.228 e. The van der Waals surface area contributed by atoms with Crippen molar-refractivity contribution < 1.29 is 0 Å². The van der Waals surface area contributed by atoms with Gasteiger partial charge < -0.3 is 0 Å². The van der Waals surface area contributed by atoms with Crippen LogP contribution in [0.3, 0.4) is 0 Å². The van der Waals surface area contributed by atoms with Gasteiger partial charge in [-0.15, -0.1) is 11.3 Å². The van der Waals surface area contributed by atoms with Gasteiger partial charge in [0.1, 0.15) is 0 Å². The highest BCUT2D eigenvalue weighted by molar-refractivity contribution is 7.25. The molecule has 0 aliphatic rings. The van der Waals surface area contributed by atoms with Crippen LogP contribution < -0.4 is 0 Å². The minimum atomic E-state index is 0.697. The van der Waals surface area contributed by atoms with Crippen LogP contribution >= 0.6 is 11.3 Å². The maximum atomic E-state index is 5.34. The molecule has 2 nitrogen and oxygen atoms in total. The maximum absolute atomic E-state index is 5.34. The number of fused-ring (bicyclic) bond motifs is 4. The van der Waals surface area contributed by atoms with E-state index >= 15 is 0 Å². The van der Waals surface area contributed by atoms with Crippen molar-refractivity contribution >= 4 is 42.3 Å². The fourth-order valence-electron chi connectivity index (χ4n) is 7.50. The Hall–Kier alpha value is -6.68. The topological polar surface area (TPSA) is 25.8 Å². The monoisotopic (exact) mass is 692 g/mol. The van der Waals surface area contributed by atoms with E-state index < -0.39 is 0 Å². The highest BCUT2D eigenvalue weighted by atomic mass is 32.1. The summed E-state index contributed by atoms with van der Waals surface area (Å²) in [7, 11) is 0. The molecule has 0 spiro atoms. The number of hydrogen-bond donors (Lipinski definition) is 0. The summed E-state index contributed by atoms with van der Waals surface area (Å²) in [6.45, 7) is 0. The minimum absolute atomic E-state index is 0.697. The van der Waals surface area contributed by atoms with Crippen molar-refractivity contribution in [1.29, 1.82) is 0 Å². The Balaban J connectivity index is 1.21. The van der Waals surface area contributed by atoms with Crippen LogP contribution in [0.15, 0.2) is 194 Å². The third-order valence-electron chi connectivity index (χ3n) is 10.1. The SMILES string of the molecule is c1ccc(-c2ccc(-c3nc(-c4cc(-c5ccccc5)cc(-c5cccc6sc7ccccc7c56)c4)cc(-c4cccc5ccccc45)n3)cc2)cc1. The Morgan fingerprint density at radius 3 is 1.68 bits per heavy atom. The van der Waals surface area contributed by atoms with Crippen LogP contribution in [-0.4, -0.2) is 9.97 Å². The molecule has 0 amide bonds. The molecule has 2 heterocycles. The molecule has 248 valence electrons. The standard InChI is InChI=1S/C50H32N2S/c1-3-13-33(14-4-1)35-25-27-37(28-26-35)50-51-45(32-46(52-50)43-22-11-18-36-17-7-8-19-41(36)43)40-30-38(34-15-5-2-6-16-34)29-39(31-40)42-21-12-24-48-49(42)44-20-9-10-23-47(44)53-48/h1-32H. The zero-order chi connectivity index (χ0) is 35.1. The molecular formula is C50H32N2S. The number of rotatable bonds is 6. The molecule has 0 aliphatic carbocycles. The Morgan fingerprint density at radius 1 is 0.321 bits per heavy atom. The summed E-state index contributed by atoms with van der Waals surface area (Å²) in [5, 5.41) is 4.93. The van der Waals surface area contributed by atoms with Crippen molar-refractivity contribution in [2.75, 3.05) is 0 Å². The highest BCUT2D eigenvalue weighted by Gasteiger charge is 2.17. The Kier molecular flexibility index (Phi) is 7.71. The molecular weight excluding hydrogens is 661 g/mol. The Morgan fingerprint density at radius 2 is 0.868 bits per heavy atom. The summed E-state index contributed by atoms with van der Waals surface area (Å²) in [6, 6.07) is 69.2. The average molecular weight is 693 g/mol. The molecule has 10 aromatic rings. The van der Waals surface area contributed by atoms with Crippen LogP contribution in [0.2, 0.25) is 0 Å². The van der Waals surface area contributed by atoms with Crippen LogP contribution in [0, 0.1) is 0 Å². The van der Waals surface area contributed by atoms with Crippen molar-refractivity contribution in [2.24, 2.45) is 0 Å². The summed E-state index contributed by atoms with van der Waals surface area (Å²) in [6.07, 6.45) is 0. The summed E-state index contributed by atoms with van der Waals surface area (Å²) in [5.74, 6) is 0.697. The molecule has 53 heavy (non-hydrogen) atoms. The van der Waals surface area contributed by atoms with Crippen LogP contribution in [-0.2, 0) is 0 Å². The van der Waals surface area contributed by atoms with Gasteiger partial charge in [0.05, 0.1) is 11.4 Å². The van der Waals surface area contributed by atoms with E-state index in [1.807, 2.05) is 17.4 Å². The van der Waals surface area contributed by atoms with E-state index in [4.69, 9.17) is 9.97 Å². The quantitative estimate of drug-likeness (QED) is 0.173. The molecule has 2 aromatic heterocycles. The minimum Gasteiger partial charge on any atom is -0.228 e. The molecule has 0 atom stereocenters. The Labute approximate surface area is 312 Å². The van der Waals surface area contributed by atoms with E-state index in [-0.39, 0.29) is 0 Å². The van der Waals surface area contributed by atoms with Gasteiger partial charge in [0.2, 0.25) is 0 Å². The number of nitrogens with zero attached hydrogens (tertiary/aromatic N) is 2. The lowest BCUT2D eigenvalue weighted by atomic mass is 9.92. The van der Waals surface area contributed by atoms with Crippen molar-refractivity contribution in [3.63, 3.8) is 0 Å². The molecule has 0 bridgehead atoms. The predicted molar refractivity (Wildman–Crippen MR) is 225 cm³/mol. The van der Waals surface area contributed by atoms with E-state index in [0.29, 0.717) is 5.82 Å². The lowest BCUT2D eigenvalue weighted by Gasteiger charge is -2.14. The first-order valence-electron chi connectivity index (χ1n) is 17.9. The van der Waals surface area contributed by atoms with Crippen molar-refractivity contribution in [1.82, 2.24) is 9.97 Å². The fraction of sp³-hybridized carbons (Fsp3) is 0. The van der Waals surface area contributed by atoms with Gasteiger partial charge >= 0.3 is 0 Å². The van der Waals surface area contributed by atoms with Crippen LogP contribution in [0.25, 0.3) is 98.2 Å². The van der Waals surface area contributed by atoms with Gasteiger partial charge in [-0.2, -0.15) is 0 Å². The lowest BCUT2D eigenvalue weighted by Crippen LogP contribution is -1.97. The first-order chi connectivity index (χ1) is 26.2. The van der Waals surface area contributed by atoms with Crippen LogP contribution in [0.4, 0.5) is 0 Å². The van der Waals surface area contributed by atoms with E-state index in [1.165, 1.54) is 42.1 Å². The van der Waals surface area contributed by atoms with E-state index in [2.05, 4.69) is 188 Å². The second-order valence-electron chi connectivity index (χ2n) is 13.4. The molecule has 8 aromatic carbocycles. The molecule has 0 saturated carbocycles. The average Bonchev–Trinajstić information content (AvgIpc) is 3.63. The zero-order valence-corrected chi connectivity index (χ0v) is 29.6. The molecule has 0 fully saturated rings. The summed E-state index contributed by atoms with van der Waals surface area (Å²) < 4.78 is 2.59. The normalized spacial score (nSPS) is 11.4. The number of thiophene rings is 1. The number of hydrogen-bond acceptors (Lipinski definition) is 3. The van der Waals surface area contributed by atoms with Gasteiger partial charge in [-0.3, -0.25) is 0 Å². The van der Waals surface area contributed by atoms with Gasteiger partial charge in [-0.05, 0) is 80.6 Å². The molecule has 0 unspecified atom stereocenters. The van der Waals surface area contributed by atoms with Gasteiger partial charge in [-0.1, -0.05) is 158 Å². The molecule has 0 radical (unpaired) electrons. The lowest BCUT2D eigenvalue weighted by molar-refractivity contribution is 1.18. The van der Waals surface area contributed by atoms with Crippen molar-refractivity contribution in [3.8, 4) is 67.3 Å². The predicted octanol–water partition coefficient (Wildman–Crippen LogP) is 14.0. The summed E-state index contributed by atoms with van der Waals surface area (Å²) >= 11 is 1.85. The summed E-state index contributed by atoms with van der Waals surface area (Å²) in [4.78, 5) is 10.6. The highest BCUT2D eigenvalue weighted by Crippen LogP contribution is 2.42. The van der Waals surface area contributed by atoms with E-state index in [9.17, 15) is 0 Å². The van der Waals surface area contributed by atoms with E-state index in [1.54, 1.807) is 0 Å². The number of benzene rings is 8. The van der Waals surface area contributed by atoms with Gasteiger partial charge in [0.25, 0.3) is 0 Å². The second kappa shape index (κ2) is 13.1. The molecule has 0 aliphatic heterocycles. The van der Waals surface area contributed by atoms with E-state index in [0.717, 1.165) is 50.3 Å². The fourth-order valence-corrected chi connectivity index (χ4v) is 8.63. The molecule has 10 rings (SSSR count). The third kappa shape index (κ3) is 5.78. The van der Waals surface area contributed by atoms with Crippen LogP contribution in [0.1, 0.15) is 0 Å². The zero-order valence-electron chi connectivity index (χ0n) is 28.8. The Bertz CT molecular complexity index is 2920. The van der Waals surface area contributed by atoms with Crippen LogP contribution in [0.5, 0.6) is 0 Å². The van der Waals surface area contributed by atoms with Gasteiger partial charge in [0, 0.05) is 36.9 Å². The molecule has 3 heteroatoms. The smallest absolute Gasteiger partial charge is 0.160 e. The van der Waals surface area contributed by atoms with Crippen molar-refractivity contribution in [2.45, 2.75) is 0 Å². The molecule has 0 saturated heterocycles. The maximum Gasteiger partial charge on any atom is 0.160 e. The van der Waals surface area contributed by atoms with Gasteiger partial charge in [-0.25, -0.2) is 9.97 Å². The van der Waals surface area contributed by atoms with Gasteiger partial charge in [0.15, 0.2) is 5.82 Å². The molecule has 0 N–H and O–H groups in total.